The van der Waals surface area contributed by atoms with Crippen molar-refractivity contribution in [1.29, 1.82) is 0 Å². The largest absolute Gasteiger partial charge is 0.412 e. The highest BCUT2D eigenvalue weighted by Crippen LogP contribution is 2.19. The van der Waals surface area contributed by atoms with Crippen LogP contribution in [-0.2, 0) is 4.43 Å². The van der Waals surface area contributed by atoms with E-state index in [9.17, 15) is 0 Å². The Hall–Kier alpha value is -2.34. The van der Waals surface area contributed by atoms with Gasteiger partial charge < -0.3 is 4.43 Å². The smallest absolute Gasteiger partial charge is 0.231 e. The number of hydrogen-bond donors (Lipinski definition) is 0. The lowest BCUT2D eigenvalue weighted by Gasteiger charge is -2.29. The Balaban J connectivity index is 2.26. The number of allylic oxidation sites excluding steroid dienone is 2. The molecule has 0 saturated carbocycles. The first kappa shape index (κ1) is 19.0. The van der Waals surface area contributed by atoms with Crippen molar-refractivity contribution in [1.82, 2.24) is 0 Å². The molecule has 0 fully saturated rings. The maximum Gasteiger partial charge on any atom is 0.231 e. The van der Waals surface area contributed by atoms with Crippen LogP contribution >= 0.6 is 0 Å². The minimum atomic E-state index is -2.07. The molecule has 0 spiro atoms. The molecule has 0 bridgehead atoms. The van der Waals surface area contributed by atoms with Gasteiger partial charge >= 0.3 is 0 Å². The lowest BCUT2D eigenvalue weighted by molar-refractivity contribution is 0.333. The monoisotopic (exact) mass is 346 g/mol. The van der Waals surface area contributed by atoms with Gasteiger partial charge in [0, 0.05) is 17.7 Å². The minimum Gasteiger partial charge on any atom is -0.412 e. The van der Waals surface area contributed by atoms with Crippen LogP contribution < -0.4 is 5.19 Å². The fourth-order valence-electron chi connectivity index (χ4n) is 2.90. The Bertz CT molecular complexity index is 750. The molecule has 128 valence electrons. The molecular weight excluding hydrogens is 320 g/mol. The van der Waals surface area contributed by atoms with Crippen LogP contribution in [-0.4, -0.2) is 14.9 Å². The van der Waals surface area contributed by atoms with Crippen molar-refractivity contribution in [2.75, 3.05) is 6.61 Å². The molecule has 2 heteroatoms. The fourth-order valence-corrected chi connectivity index (χ4v) is 6.20. The zero-order valence-electron chi connectivity index (χ0n) is 15.2. The summed E-state index contributed by atoms with van der Waals surface area (Å²) >= 11 is 0. The van der Waals surface area contributed by atoms with Crippen molar-refractivity contribution in [3.8, 4) is 11.8 Å². The van der Waals surface area contributed by atoms with Gasteiger partial charge in [0.15, 0.2) is 0 Å². The van der Waals surface area contributed by atoms with Gasteiger partial charge in [-0.1, -0.05) is 53.8 Å². The quantitative estimate of drug-likeness (QED) is 0.391. The van der Waals surface area contributed by atoms with E-state index in [4.69, 9.17) is 4.43 Å². The molecule has 0 aromatic heterocycles. The van der Waals surface area contributed by atoms with Gasteiger partial charge in [-0.25, -0.2) is 0 Å². The average Bonchev–Trinajstić information content (AvgIpc) is 2.62. The molecule has 0 heterocycles. The lowest BCUT2D eigenvalue weighted by atomic mass is 10.1. The first-order valence-electron chi connectivity index (χ1n) is 8.68. The number of aryl methyl sites for hydroxylation is 1. The third kappa shape index (κ3) is 5.06. The molecule has 0 amide bonds. The van der Waals surface area contributed by atoms with E-state index in [1.54, 1.807) is 0 Å². The molecular formula is C23H26OSi. The standard InChI is InChI=1S/C23H26OSi/c1-5-18-25(19-6-2,24-7-3)23-16-14-22(15-17-23)13-12-21-10-8-20(4)9-11-21/h5-6,8-11,14-17H,1-2,7,18-19H2,3-4H3. The van der Waals surface area contributed by atoms with E-state index in [1.807, 2.05) is 12.2 Å². The Labute approximate surface area is 153 Å². The van der Waals surface area contributed by atoms with Crippen LogP contribution in [0.15, 0.2) is 73.8 Å². The van der Waals surface area contributed by atoms with Crippen molar-refractivity contribution in [3.05, 3.63) is 90.5 Å². The maximum absolute atomic E-state index is 6.24. The summed E-state index contributed by atoms with van der Waals surface area (Å²) in [7, 11) is -2.07. The van der Waals surface area contributed by atoms with Gasteiger partial charge in [0.25, 0.3) is 0 Å². The lowest BCUT2D eigenvalue weighted by Crippen LogP contribution is -2.50. The van der Waals surface area contributed by atoms with Crippen LogP contribution in [0.5, 0.6) is 0 Å². The number of benzene rings is 2. The van der Waals surface area contributed by atoms with Crippen LogP contribution in [0.25, 0.3) is 0 Å². The van der Waals surface area contributed by atoms with E-state index in [-0.39, 0.29) is 0 Å². The summed E-state index contributed by atoms with van der Waals surface area (Å²) in [6.07, 6.45) is 3.94. The second-order valence-electron chi connectivity index (χ2n) is 6.11. The Kier molecular flexibility index (Phi) is 7.00. The third-order valence-electron chi connectivity index (χ3n) is 4.18. The molecule has 0 N–H and O–H groups in total. The predicted molar refractivity (Wildman–Crippen MR) is 111 cm³/mol. The molecule has 0 aliphatic heterocycles. The molecule has 0 atom stereocenters. The zero-order chi connectivity index (χ0) is 18.1. The van der Waals surface area contributed by atoms with Crippen molar-refractivity contribution in [2.45, 2.75) is 25.9 Å². The highest BCUT2D eigenvalue weighted by Gasteiger charge is 2.34. The van der Waals surface area contributed by atoms with Crippen LogP contribution in [0, 0.1) is 18.8 Å². The van der Waals surface area contributed by atoms with E-state index in [0.717, 1.165) is 23.2 Å². The van der Waals surface area contributed by atoms with Crippen LogP contribution in [0.1, 0.15) is 23.6 Å². The molecule has 2 rings (SSSR count). The first-order valence-corrected chi connectivity index (χ1v) is 11.0. The third-order valence-corrected chi connectivity index (χ3v) is 8.31. The van der Waals surface area contributed by atoms with Gasteiger partial charge in [-0.2, -0.15) is 0 Å². The summed E-state index contributed by atoms with van der Waals surface area (Å²) in [5, 5.41) is 1.27. The van der Waals surface area contributed by atoms with Crippen LogP contribution in [0.3, 0.4) is 0 Å². The van der Waals surface area contributed by atoms with E-state index in [1.165, 1.54) is 10.8 Å². The first-order chi connectivity index (χ1) is 12.1. The molecule has 25 heavy (non-hydrogen) atoms. The molecule has 0 aliphatic carbocycles. The highest BCUT2D eigenvalue weighted by atomic mass is 28.4. The topological polar surface area (TPSA) is 9.23 Å². The summed E-state index contributed by atoms with van der Waals surface area (Å²) in [5.41, 5.74) is 3.29. The predicted octanol–water partition coefficient (Wildman–Crippen LogP) is 4.96. The van der Waals surface area contributed by atoms with E-state index in [2.05, 4.69) is 87.4 Å². The van der Waals surface area contributed by atoms with Gasteiger partial charge in [-0.3, -0.25) is 0 Å². The Morgan fingerprint density at radius 3 is 1.80 bits per heavy atom. The van der Waals surface area contributed by atoms with Crippen molar-refractivity contribution in [3.63, 3.8) is 0 Å². The summed E-state index contributed by atoms with van der Waals surface area (Å²) < 4.78 is 6.24. The second-order valence-corrected chi connectivity index (χ2v) is 9.78. The van der Waals surface area contributed by atoms with Crippen LogP contribution in [0.4, 0.5) is 0 Å². The fraction of sp³-hybridized carbons (Fsp3) is 0.217. The molecule has 1 nitrogen and oxygen atoms in total. The molecule has 2 aromatic carbocycles. The highest BCUT2D eigenvalue weighted by molar-refractivity contribution is 6.87. The molecule has 0 saturated heterocycles. The average molecular weight is 347 g/mol. The van der Waals surface area contributed by atoms with E-state index < -0.39 is 8.32 Å². The number of rotatable bonds is 7. The Morgan fingerprint density at radius 2 is 1.36 bits per heavy atom. The summed E-state index contributed by atoms with van der Waals surface area (Å²) in [6, 6.07) is 18.5. The van der Waals surface area contributed by atoms with E-state index in [0.29, 0.717) is 6.61 Å². The van der Waals surface area contributed by atoms with Gasteiger partial charge in [0.05, 0.1) is 0 Å². The maximum atomic E-state index is 6.24. The summed E-state index contributed by atoms with van der Waals surface area (Å²) in [5.74, 6) is 6.46. The summed E-state index contributed by atoms with van der Waals surface area (Å²) in [6.45, 7) is 12.7. The van der Waals surface area contributed by atoms with E-state index >= 15 is 0 Å². The summed E-state index contributed by atoms with van der Waals surface area (Å²) in [4.78, 5) is 0. The Morgan fingerprint density at radius 1 is 0.880 bits per heavy atom. The van der Waals surface area contributed by atoms with Crippen LogP contribution in [0.2, 0.25) is 12.1 Å². The van der Waals surface area contributed by atoms with Gasteiger partial charge in [-0.05, 0) is 55.4 Å². The number of hydrogen-bond acceptors (Lipinski definition) is 1. The molecule has 0 aliphatic rings. The zero-order valence-corrected chi connectivity index (χ0v) is 16.2. The van der Waals surface area contributed by atoms with Crippen molar-refractivity contribution in [2.24, 2.45) is 0 Å². The molecule has 2 aromatic rings. The van der Waals surface area contributed by atoms with Crippen molar-refractivity contribution >= 4 is 13.5 Å². The van der Waals surface area contributed by atoms with Gasteiger partial charge in [0.1, 0.15) is 0 Å². The minimum absolute atomic E-state index is 0.711. The molecule has 0 radical (unpaired) electrons. The van der Waals surface area contributed by atoms with Gasteiger partial charge in [0.2, 0.25) is 8.32 Å². The SMILES string of the molecule is C=CC[Si](CC=C)(OCC)c1ccc(C#Cc2ccc(C)cc2)cc1. The molecule has 0 unspecified atom stereocenters. The van der Waals surface area contributed by atoms with Gasteiger partial charge in [-0.15, -0.1) is 13.2 Å². The van der Waals surface area contributed by atoms with Crippen molar-refractivity contribution < 1.29 is 4.43 Å². The normalized spacial score (nSPS) is 10.6. The second kappa shape index (κ2) is 9.22.